The second kappa shape index (κ2) is 6.63. The van der Waals surface area contributed by atoms with E-state index in [1.165, 1.54) is 13.8 Å². The van der Waals surface area contributed by atoms with Crippen LogP contribution in [0.3, 0.4) is 0 Å². The maximum absolute atomic E-state index is 12.2. The molecule has 0 spiro atoms. The molecule has 1 aromatic carbocycles. The van der Waals surface area contributed by atoms with Crippen molar-refractivity contribution in [2.45, 2.75) is 40.2 Å². The van der Waals surface area contributed by atoms with Crippen molar-refractivity contribution in [3.05, 3.63) is 36.2 Å². The van der Waals surface area contributed by atoms with E-state index in [9.17, 15) is 9.59 Å². The summed E-state index contributed by atoms with van der Waals surface area (Å²) in [5.41, 5.74) is 1.37. The lowest BCUT2D eigenvalue weighted by Crippen LogP contribution is -2.24. The molecular formula is C19H21N3O3. The van der Waals surface area contributed by atoms with Crippen molar-refractivity contribution in [2.24, 2.45) is 5.92 Å². The third-order valence-corrected chi connectivity index (χ3v) is 4.05. The van der Waals surface area contributed by atoms with Crippen molar-refractivity contribution >= 4 is 22.5 Å². The van der Waals surface area contributed by atoms with Crippen LogP contribution in [0.1, 0.15) is 39.6 Å². The molecule has 0 aliphatic heterocycles. The Morgan fingerprint density at radius 3 is 2.44 bits per heavy atom. The number of nitrogens with zero attached hydrogens (tertiary/aromatic N) is 3. The van der Waals surface area contributed by atoms with Gasteiger partial charge in [0.1, 0.15) is 5.69 Å². The lowest BCUT2D eigenvalue weighted by Gasteiger charge is -2.16. The number of hydrogen-bond donors (Lipinski definition) is 0. The van der Waals surface area contributed by atoms with Crippen molar-refractivity contribution in [3.8, 4) is 11.6 Å². The van der Waals surface area contributed by atoms with Crippen LogP contribution in [0.15, 0.2) is 34.7 Å². The number of aromatic nitrogens is 3. The SMILES string of the molecule is CC(=O)C(C(C)=O)n1c(-c2nnc(CC(C)C)o2)cc2ccccc21. The van der Waals surface area contributed by atoms with Gasteiger partial charge in [-0.25, -0.2) is 0 Å². The zero-order valence-electron chi connectivity index (χ0n) is 14.8. The molecule has 2 heterocycles. The van der Waals surface area contributed by atoms with Crippen molar-refractivity contribution in [1.82, 2.24) is 14.8 Å². The van der Waals surface area contributed by atoms with Crippen LogP contribution < -0.4 is 0 Å². The van der Waals surface area contributed by atoms with Crippen molar-refractivity contribution in [3.63, 3.8) is 0 Å². The molecule has 0 aliphatic carbocycles. The number of Topliss-reactive ketones (excluding diaryl/α,β-unsaturated/α-hetero) is 2. The maximum atomic E-state index is 12.2. The van der Waals surface area contributed by atoms with Crippen LogP contribution in [-0.4, -0.2) is 26.3 Å². The van der Waals surface area contributed by atoms with Crippen LogP contribution >= 0.6 is 0 Å². The van der Waals surface area contributed by atoms with Gasteiger partial charge in [0.15, 0.2) is 17.6 Å². The van der Waals surface area contributed by atoms with Crippen LogP contribution in [0, 0.1) is 5.92 Å². The van der Waals surface area contributed by atoms with Gasteiger partial charge in [0.25, 0.3) is 5.89 Å². The Morgan fingerprint density at radius 1 is 1.12 bits per heavy atom. The van der Waals surface area contributed by atoms with E-state index in [-0.39, 0.29) is 11.6 Å². The number of rotatable bonds is 6. The second-order valence-electron chi connectivity index (χ2n) is 6.68. The normalized spacial score (nSPS) is 11.6. The Kier molecular flexibility index (Phi) is 4.53. The first-order chi connectivity index (χ1) is 11.9. The molecule has 3 rings (SSSR count). The van der Waals surface area contributed by atoms with Gasteiger partial charge in [-0.2, -0.15) is 0 Å². The number of para-hydroxylation sites is 1. The first-order valence-electron chi connectivity index (χ1n) is 8.32. The zero-order valence-corrected chi connectivity index (χ0v) is 14.8. The fourth-order valence-corrected chi connectivity index (χ4v) is 3.06. The summed E-state index contributed by atoms with van der Waals surface area (Å²) in [5, 5.41) is 9.14. The van der Waals surface area contributed by atoms with Crippen LogP contribution in [0.4, 0.5) is 0 Å². The Balaban J connectivity index is 2.21. The predicted molar refractivity (Wildman–Crippen MR) is 94.2 cm³/mol. The Bertz CT molecular complexity index is 922. The van der Waals surface area contributed by atoms with E-state index >= 15 is 0 Å². The highest BCUT2D eigenvalue weighted by atomic mass is 16.4. The second-order valence-corrected chi connectivity index (χ2v) is 6.68. The van der Waals surface area contributed by atoms with E-state index in [0.29, 0.717) is 29.8 Å². The molecule has 0 N–H and O–H groups in total. The molecule has 3 aromatic rings. The van der Waals surface area contributed by atoms with Crippen molar-refractivity contribution < 1.29 is 14.0 Å². The fraction of sp³-hybridized carbons (Fsp3) is 0.368. The highest BCUT2D eigenvalue weighted by Gasteiger charge is 2.28. The smallest absolute Gasteiger partial charge is 0.264 e. The predicted octanol–water partition coefficient (Wildman–Crippen LogP) is 3.61. The molecule has 6 heteroatoms. The van der Waals surface area contributed by atoms with E-state index in [4.69, 9.17) is 4.42 Å². The van der Waals surface area contributed by atoms with E-state index in [1.807, 2.05) is 30.3 Å². The summed E-state index contributed by atoms with van der Waals surface area (Å²) in [6.07, 6.45) is 0.677. The number of carbonyl (C=O) groups excluding carboxylic acids is 2. The monoisotopic (exact) mass is 339 g/mol. The lowest BCUT2D eigenvalue weighted by molar-refractivity contribution is -0.129. The van der Waals surface area contributed by atoms with E-state index in [1.54, 1.807) is 4.57 Å². The summed E-state index contributed by atoms with van der Waals surface area (Å²) >= 11 is 0. The summed E-state index contributed by atoms with van der Waals surface area (Å²) in [6, 6.07) is 8.56. The van der Waals surface area contributed by atoms with Crippen LogP contribution in [0.2, 0.25) is 0 Å². The van der Waals surface area contributed by atoms with E-state index in [2.05, 4.69) is 24.0 Å². The average Bonchev–Trinajstić information content (AvgIpc) is 3.11. The molecule has 0 saturated carbocycles. The Labute approximate surface area is 145 Å². The summed E-state index contributed by atoms with van der Waals surface area (Å²) in [6.45, 7) is 6.98. The topological polar surface area (TPSA) is 78.0 Å². The van der Waals surface area contributed by atoms with Gasteiger partial charge in [0.05, 0.1) is 0 Å². The van der Waals surface area contributed by atoms with Crippen LogP contribution in [0.25, 0.3) is 22.5 Å². The molecule has 2 aromatic heterocycles. The summed E-state index contributed by atoms with van der Waals surface area (Å²) in [4.78, 5) is 24.3. The molecule has 0 amide bonds. The highest BCUT2D eigenvalue weighted by Crippen LogP contribution is 2.32. The van der Waals surface area contributed by atoms with Gasteiger partial charge in [-0.3, -0.25) is 9.59 Å². The van der Waals surface area contributed by atoms with Crippen LogP contribution in [0.5, 0.6) is 0 Å². The third kappa shape index (κ3) is 3.24. The molecule has 6 nitrogen and oxygen atoms in total. The number of ketones is 2. The quantitative estimate of drug-likeness (QED) is 0.641. The van der Waals surface area contributed by atoms with Crippen molar-refractivity contribution in [1.29, 1.82) is 0 Å². The minimum atomic E-state index is -0.907. The van der Waals surface area contributed by atoms with Gasteiger partial charge in [-0.15, -0.1) is 10.2 Å². The van der Waals surface area contributed by atoms with Gasteiger partial charge in [-0.1, -0.05) is 32.0 Å². The largest absolute Gasteiger partial charge is 0.419 e. The standard InChI is InChI=1S/C19H21N3O3/c1-11(2)9-17-20-21-19(25-17)16-10-14-7-5-6-8-15(14)22(16)18(12(3)23)13(4)24/h5-8,10-11,18H,9H2,1-4H3. The highest BCUT2D eigenvalue weighted by molar-refractivity contribution is 6.04. The maximum Gasteiger partial charge on any atom is 0.264 e. The van der Waals surface area contributed by atoms with Gasteiger partial charge in [-0.05, 0) is 31.9 Å². The first-order valence-corrected chi connectivity index (χ1v) is 8.32. The van der Waals surface area contributed by atoms with E-state index in [0.717, 1.165) is 10.9 Å². The molecule has 130 valence electrons. The lowest BCUT2D eigenvalue weighted by atomic mass is 10.1. The minimum absolute atomic E-state index is 0.225. The van der Waals surface area contributed by atoms with Gasteiger partial charge < -0.3 is 8.98 Å². The summed E-state index contributed by atoms with van der Waals surface area (Å²) < 4.78 is 7.50. The van der Waals surface area contributed by atoms with Crippen LogP contribution in [-0.2, 0) is 16.0 Å². The molecule has 25 heavy (non-hydrogen) atoms. The zero-order chi connectivity index (χ0) is 18.1. The molecule has 0 fully saturated rings. The van der Waals surface area contributed by atoms with Gasteiger partial charge >= 0.3 is 0 Å². The fourth-order valence-electron chi connectivity index (χ4n) is 3.06. The van der Waals surface area contributed by atoms with Gasteiger partial charge in [0.2, 0.25) is 5.89 Å². The molecule has 0 unspecified atom stereocenters. The Hall–Kier alpha value is -2.76. The number of fused-ring (bicyclic) bond motifs is 1. The molecule has 0 aliphatic rings. The number of hydrogen-bond acceptors (Lipinski definition) is 5. The average molecular weight is 339 g/mol. The molecule has 0 saturated heterocycles. The molecule has 0 atom stereocenters. The molecule has 0 bridgehead atoms. The number of carbonyl (C=O) groups is 2. The van der Waals surface area contributed by atoms with Crippen molar-refractivity contribution in [2.75, 3.05) is 0 Å². The Morgan fingerprint density at radius 2 is 1.80 bits per heavy atom. The van der Waals surface area contributed by atoms with Gasteiger partial charge in [0, 0.05) is 17.3 Å². The van der Waals surface area contributed by atoms with E-state index < -0.39 is 6.04 Å². The number of benzene rings is 1. The minimum Gasteiger partial charge on any atom is -0.419 e. The molecular weight excluding hydrogens is 318 g/mol. The third-order valence-electron chi connectivity index (χ3n) is 4.05. The summed E-state index contributed by atoms with van der Waals surface area (Å²) in [7, 11) is 0. The summed E-state index contributed by atoms with van der Waals surface area (Å²) in [5.74, 6) is 0.804. The molecule has 0 radical (unpaired) electrons. The first kappa shape index (κ1) is 17.1.